The Kier molecular flexibility index (Phi) is 8.88. The zero-order chi connectivity index (χ0) is 33.7. The van der Waals surface area contributed by atoms with Crippen molar-refractivity contribution in [2.24, 2.45) is 17.3 Å². The maximum Gasteiger partial charge on any atom is 0.411 e. The number of fused-ring (bicyclic) bond motifs is 1. The average Bonchev–Trinajstić information content (AvgIpc) is 3.86. The Balaban J connectivity index is 1.35. The summed E-state index contributed by atoms with van der Waals surface area (Å²) in [7, 11) is -2.85. The second kappa shape index (κ2) is 12.1. The number of benzene rings is 1. The molecular formula is C33H43N3O9S. The van der Waals surface area contributed by atoms with Gasteiger partial charge in [0.25, 0.3) is 0 Å². The van der Waals surface area contributed by atoms with Crippen molar-refractivity contribution in [2.45, 2.75) is 90.1 Å². The molecule has 1 saturated heterocycles. The quantitative estimate of drug-likeness (QED) is 0.318. The van der Waals surface area contributed by atoms with E-state index < -0.39 is 62.8 Å². The maximum absolute atomic E-state index is 14.0. The molecule has 0 bridgehead atoms. The molecule has 4 atom stereocenters. The first-order valence-electron chi connectivity index (χ1n) is 15.5. The van der Waals surface area contributed by atoms with Gasteiger partial charge in [0.1, 0.15) is 17.5 Å². The molecule has 12 nitrogen and oxygen atoms in total. The average molecular weight is 658 g/mol. The van der Waals surface area contributed by atoms with Gasteiger partial charge in [-0.15, -0.1) is 6.58 Å². The fourth-order valence-electron chi connectivity index (χ4n) is 6.17. The zero-order valence-electron chi connectivity index (χ0n) is 27.2. The Morgan fingerprint density at radius 1 is 1.20 bits per heavy atom. The molecule has 46 heavy (non-hydrogen) atoms. The summed E-state index contributed by atoms with van der Waals surface area (Å²) in [6.07, 6.45) is 3.06. The van der Waals surface area contributed by atoms with Crippen LogP contribution < -0.4 is 14.2 Å². The second-order valence-corrected chi connectivity index (χ2v) is 15.1. The predicted molar refractivity (Wildman–Crippen MR) is 169 cm³/mol. The lowest BCUT2D eigenvalue weighted by atomic mass is 9.91. The van der Waals surface area contributed by atoms with E-state index in [1.807, 2.05) is 32.0 Å². The minimum Gasteiger partial charge on any atom is -0.497 e. The summed E-state index contributed by atoms with van der Waals surface area (Å²) < 4.78 is 50.4. The Labute approximate surface area is 270 Å². The number of nitrogens with zero attached hydrogens (tertiary/aromatic N) is 2. The monoisotopic (exact) mass is 657 g/mol. The molecule has 0 unspecified atom stereocenters. The molecule has 3 aliphatic rings. The molecular weight excluding hydrogens is 614 g/mol. The number of hydrogen-bond acceptors (Lipinski definition) is 10. The van der Waals surface area contributed by atoms with Crippen molar-refractivity contribution in [2.75, 3.05) is 13.7 Å². The summed E-state index contributed by atoms with van der Waals surface area (Å²) in [6, 6.07) is 6.32. The molecule has 3 fully saturated rings. The summed E-state index contributed by atoms with van der Waals surface area (Å²) in [5.74, 6) is -0.699. The van der Waals surface area contributed by atoms with Crippen LogP contribution in [0, 0.1) is 17.3 Å². The van der Waals surface area contributed by atoms with Gasteiger partial charge in [0.2, 0.25) is 11.8 Å². The first kappa shape index (κ1) is 33.6. The van der Waals surface area contributed by atoms with E-state index in [1.165, 1.54) is 4.90 Å². The number of likely N-dealkylation sites (tertiary alicyclic amines) is 1. The third-order valence-electron chi connectivity index (χ3n) is 9.12. The van der Waals surface area contributed by atoms with E-state index in [0.717, 1.165) is 10.8 Å². The van der Waals surface area contributed by atoms with E-state index in [4.69, 9.17) is 18.4 Å². The molecule has 13 heteroatoms. The number of rotatable bonds is 12. The highest BCUT2D eigenvalue weighted by molar-refractivity contribution is 7.85. The first-order valence-corrected chi connectivity index (χ1v) is 16.9. The lowest BCUT2D eigenvalue weighted by Crippen LogP contribution is -2.46. The first-order chi connectivity index (χ1) is 21.5. The fourth-order valence-corrected chi connectivity index (χ4v) is 7.44. The van der Waals surface area contributed by atoms with Crippen LogP contribution in [0.3, 0.4) is 0 Å². The largest absolute Gasteiger partial charge is 0.497 e. The van der Waals surface area contributed by atoms with Crippen LogP contribution in [0.1, 0.15) is 66.7 Å². The van der Waals surface area contributed by atoms with Crippen LogP contribution in [0.5, 0.6) is 11.6 Å². The molecule has 1 aromatic carbocycles. The number of ketones is 1. The number of Topliss-reactive ketones (excluding diaryl/α,β-unsaturated/α-hetero) is 1. The molecule has 1 aromatic heterocycles. The van der Waals surface area contributed by atoms with E-state index in [0.29, 0.717) is 24.5 Å². The smallest absolute Gasteiger partial charge is 0.411 e. The molecule has 5 rings (SSSR count). The van der Waals surface area contributed by atoms with Crippen LogP contribution >= 0.6 is 0 Å². The van der Waals surface area contributed by atoms with Crippen LogP contribution in [0.15, 0.2) is 43.1 Å². The molecule has 1 N–H and O–H groups in total. The van der Waals surface area contributed by atoms with Gasteiger partial charge in [-0.25, -0.2) is 18.7 Å². The summed E-state index contributed by atoms with van der Waals surface area (Å²) in [5, 5.41) is 1.58. The Morgan fingerprint density at radius 3 is 2.50 bits per heavy atom. The Morgan fingerprint density at radius 2 is 1.91 bits per heavy atom. The number of hydrogen-bond donors (Lipinski definition) is 1. The van der Waals surface area contributed by atoms with Crippen LogP contribution in [-0.4, -0.2) is 73.1 Å². The van der Waals surface area contributed by atoms with Gasteiger partial charge in [0, 0.05) is 24.4 Å². The lowest BCUT2D eigenvalue weighted by molar-refractivity contribution is -0.132. The maximum atomic E-state index is 14.0. The number of amides is 2. The van der Waals surface area contributed by atoms with Gasteiger partial charge in [-0.3, -0.25) is 14.5 Å². The topological polar surface area (TPSA) is 150 Å². The molecule has 2 saturated carbocycles. The summed E-state index contributed by atoms with van der Waals surface area (Å²) >= 11 is 0. The van der Waals surface area contributed by atoms with E-state index in [1.54, 1.807) is 46.2 Å². The van der Waals surface area contributed by atoms with Crippen LogP contribution in [0.25, 0.3) is 10.8 Å². The molecule has 2 heterocycles. The number of allylic oxidation sites excluding steroid dienone is 1. The zero-order valence-corrected chi connectivity index (χ0v) is 28.0. The fraction of sp³-hybridized carbons (Fsp3) is 0.576. The molecule has 2 aromatic rings. The number of ether oxygens (including phenoxy) is 3. The van der Waals surface area contributed by atoms with Gasteiger partial charge in [-0.2, -0.15) is 8.42 Å². The Hall–Kier alpha value is -3.71. The number of pyridine rings is 1. The molecule has 0 spiro atoms. The SMILES string of the molecule is C=C[C@@H]1C[C@]1(CC(=O)[C@@H]1C[C@@H](Oc2nccc3cc(OC)ccc23)CN1C(=O)OC(C)(C)C)C(=O)NS(=O)(=O)OC1(C(C)C)CC1. The van der Waals surface area contributed by atoms with Crippen molar-refractivity contribution in [3.63, 3.8) is 0 Å². The van der Waals surface area contributed by atoms with Gasteiger partial charge in [0.05, 0.1) is 30.7 Å². The lowest BCUT2D eigenvalue weighted by Gasteiger charge is -2.28. The van der Waals surface area contributed by atoms with Crippen molar-refractivity contribution in [1.29, 1.82) is 0 Å². The summed E-state index contributed by atoms with van der Waals surface area (Å²) in [6.45, 7) is 12.7. The van der Waals surface area contributed by atoms with Crippen LogP contribution in [-0.2, 0) is 28.8 Å². The molecule has 250 valence electrons. The third-order valence-corrected chi connectivity index (χ3v) is 10.1. The summed E-state index contributed by atoms with van der Waals surface area (Å²) in [5.41, 5.74) is -2.98. The van der Waals surface area contributed by atoms with Crippen molar-refractivity contribution >= 4 is 38.9 Å². The number of carbonyl (C=O) groups is 3. The number of nitrogens with one attached hydrogen (secondary N) is 1. The van der Waals surface area contributed by atoms with E-state index in [-0.39, 0.29) is 31.7 Å². The highest BCUT2D eigenvalue weighted by Gasteiger charge is 2.61. The van der Waals surface area contributed by atoms with Crippen molar-refractivity contribution in [3.8, 4) is 11.6 Å². The third kappa shape index (κ3) is 7.00. The van der Waals surface area contributed by atoms with Crippen LogP contribution in [0.4, 0.5) is 4.79 Å². The number of carbonyl (C=O) groups excluding carboxylic acids is 3. The number of methoxy groups -OCH3 is 1. The van der Waals surface area contributed by atoms with Crippen LogP contribution in [0.2, 0.25) is 0 Å². The normalized spacial score (nSPS) is 25.2. The highest BCUT2D eigenvalue weighted by atomic mass is 32.2. The van der Waals surface area contributed by atoms with Crippen molar-refractivity contribution < 1.29 is 41.2 Å². The molecule has 2 amide bonds. The van der Waals surface area contributed by atoms with Gasteiger partial charge < -0.3 is 14.2 Å². The molecule has 0 radical (unpaired) electrons. The number of aromatic nitrogens is 1. The van der Waals surface area contributed by atoms with Gasteiger partial charge in [-0.05, 0) is 81.5 Å². The highest BCUT2D eigenvalue weighted by Crippen LogP contribution is 2.57. The molecule has 1 aliphatic heterocycles. The van der Waals surface area contributed by atoms with E-state index >= 15 is 0 Å². The van der Waals surface area contributed by atoms with Gasteiger partial charge in [0.15, 0.2) is 5.78 Å². The van der Waals surface area contributed by atoms with Crippen molar-refractivity contribution in [3.05, 3.63) is 43.1 Å². The second-order valence-electron chi connectivity index (χ2n) is 13.9. The Bertz CT molecular complexity index is 1650. The van der Waals surface area contributed by atoms with E-state index in [9.17, 15) is 22.8 Å². The van der Waals surface area contributed by atoms with E-state index in [2.05, 4.69) is 16.3 Å². The van der Waals surface area contributed by atoms with Crippen molar-refractivity contribution in [1.82, 2.24) is 14.6 Å². The standard InChI is InChI=1S/C33H43N3O9S/c1-8-22-17-32(22,29(38)35-46(40,41)45-33(12-13-33)20(2)3)18-27(37)26-16-24(19-36(26)30(39)44-31(4,5)6)43-28-25-10-9-23(42-7)15-21(25)11-14-34-28/h8-11,14-15,20,22,24,26H,1,12-13,16-19H2,2-7H3,(H,35,38)/t22-,24-,26+,32-/m1/s1. The summed E-state index contributed by atoms with van der Waals surface area (Å²) in [4.78, 5) is 46.6. The predicted octanol–water partition coefficient (Wildman–Crippen LogP) is 4.72. The molecule has 2 aliphatic carbocycles. The van der Waals surface area contributed by atoms with Gasteiger partial charge >= 0.3 is 16.4 Å². The minimum absolute atomic E-state index is 0.0448. The van der Waals surface area contributed by atoms with Gasteiger partial charge in [-0.1, -0.05) is 19.9 Å². The minimum atomic E-state index is -4.43.